The maximum Gasteiger partial charge on any atom is 0.512 e. The Bertz CT molecular complexity index is 492. The van der Waals surface area contributed by atoms with E-state index in [0.29, 0.717) is 0 Å². The lowest BCUT2D eigenvalue weighted by molar-refractivity contribution is 0.143. The first-order valence-corrected chi connectivity index (χ1v) is 4.63. The number of carboxylic acid groups (broad SMARTS) is 1. The molecule has 1 heterocycles. The van der Waals surface area contributed by atoms with Crippen LogP contribution in [0.3, 0.4) is 0 Å². The van der Waals surface area contributed by atoms with Crippen LogP contribution < -0.4 is 4.74 Å². The van der Waals surface area contributed by atoms with Crippen LogP contribution in [0, 0.1) is 0 Å². The molecule has 2 N–H and O–H groups in total. The summed E-state index contributed by atoms with van der Waals surface area (Å²) in [7, 11) is 0. The quantitative estimate of drug-likeness (QED) is 0.771. The summed E-state index contributed by atoms with van der Waals surface area (Å²) in [4.78, 5) is 13.1. The van der Waals surface area contributed by atoms with Gasteiger partial charge in [-0.1, -0.05) is 22.0 Å². The van der Waals surface area contributed by atoms with Crippen LogP contribution >= 0.6 is 15.9 Å². The fourth-order valence-corrected chi connectivity index (χ4v) is 1.58. The van der Waals surface area contributed by atoms with Gasteiger partial charge in [-0.2, -0.15) is 0 Å². The minimum absolute atomic E-state index is 0.227. The molecule has 0 aliphatic heterocycles. The Balaban J connectivity index is 2.46. The molecule has 14 heavy (non-hydrogen) atoms. The summed E-state index contributed by atoms with van der Waals surface area (Å²) >= 11 is 3.32. The molecule has 0 fully saturated rings. The molecule has 0 saturated carbocycles. The molecular weight excluding hydrogens is 250 g/mol. The first-order chi connectivity index (χ1) is 6.65. The van der Waals surface area contributed by atoms with Gasteiger partial charge in [-0.15, -0.1) is 0 Å². The van der Waals surface area contributed by atoms with Crippen molar-refractivity contribution in [1.82, 2.24) is 4.98 Å². The number of rotatable bonds is 1. The van der Waals surface area contributed by atoms with Gasteiger partial charge < -0.3 is 14.8 Å². The van der Waals surface area contributed by atoms with Crippen molar-refractivity contribution in [2.24, 2.45) is 0 Å². The van der Waals surface area contributed by atoms with E-state index < -0.39 is 6.16 Å². The van der Waals surface area contributed by atoms with Crippen molar-refractivity contribution in [3.05, 3.63) is 28.7 Å². The average Bonchev–Trinajstić information content (AvgIpc) is 2.44. The van der Waals surface area contributed by atoms with E-state index >= 15 is 0 Å². The number of H-pyrrole nitrogens is 1. The molecule has 0 aliphatic carbocycles. The number of fused-ring (bicyclic) bond motifs is 1. The van der Waals surface area contributed by atoms with Crippen LogP contribution in [0.1, 0.15) is 0 Å². The molecule has 0 amide bonds. The van der Waals surface area contributed by atoms with Crippen LogP contribution in [0.4, 0.5) is 4.79 Å². The summed E-state index contributed by atoms with van der Waals surface area (Å²) in [6.07, 6.45) is -1.32. The van der Waals surface area contributed by atoms with Gasteiger partial charge in [0.15, 0.2) is 0 Å². The van der Waals surface area contributed by atoms with Gasteiger partial charge in [0.05, 0.1) is 0 Å². The van der Waals surface area contributed by atoms with Crippen LogP contribution in [0.25, 0.3) is 10.9 Å². The lowest BCUT2D eigenvalue weighted by Gasteiger charge is -1.92. The largest absolute Gasteiger partial charge is 0.512 e. The van der Waals surface area contributed by atoms with E-state index in [2.05, 4.69) is 25.7 Å². The van der Waals surface area contributed by atoms with Gasteiger partial charge in [-0.3, -0.25) is 0 Å². The molecule has 0 unspecified atom stereocenters. The maximum absolute atomic E-state index is 10.3. The summed E-state index contributed by atoms with van der Waals surface area (Å²) in [5.74, 6) is 0.227. The monoisotopic (exact) mass is 255 g/mol. The Kier molecular flexibility index (Phi) is 2.17. The Morgan fingerprint density at radius 1 is 1.43 bits per heavy atom. The van der Waals surface area contributed by atoms with Crippen LogP contribution in [-0.2, 0) is 0 Å². The minimum atomic E-state index is -1.32. The third kappa shape index (κ3) is 1.72. The van der Waals surface area contributed by atoms with E-state index in [4.69, 9.17) is 5.11 Å². The van der Waals surface area contributed by atoms with Gasteiger partial charge >= 0.3 is 6.16 Å². The molecule has 1 aromatic carbocycles. The SMILES string of the molecule is O=C(O)Oc1cc2ccc(Br)cc2[nH]1. The highest BCUT2D eigenvalue weighted by Crippen LogP contribution is 2.23. The summed E-state index contributed by atoms with van der Waals surface area (Å²) < 4.78 is 5.41. The van der Waals surface area contributed by atoms with Gasteiger partial charge in [0, 0.05) is 21.4 Å². The fraction of sp³-hybridized carbons (Fsp3) is 0. The number of benzene rings is 1. The van der Waals surface area contributed by atoms with Crippen LogP contribution in [0.15, 0.2) is 28.7 Å². The Morgan fingerprint density at radius 2 is 2.21 bits per heavy atom. The second-order valence-corrected chi connectivity index (χ2v) is 3.65. The van der Waals surface area contributed by atoms with Crippen molar-refractivity contribution in [1.29, 1.82) is 0 Å². The Hall–Kier alpha value is -1.49. The Labute approximate surface area is 87.6 Å². The molecule has 0 bridgehead atoms. The number of nitrogens with one attached hydrogen (secondary N) is 1. The molecule has 72 valence electrons. The van der Waals surface area contributed by atoms with Gasteiger partial charge in [-0.25, -0.2) is 4.79 Å². The summed E-state index contributed by atoms with van der Waals surface area (Å²) in [5, 5.41) is 9.30. The maximum atomic E-state index is 10.3. The third-order valence-corrected chi connectivity index (χ3v) is 2.25. The lowest BCUT2D eigenvalue weighted by Crippen LogP contribution is -2.02. The van der Waals surface area contributed by atoms with Crippen molar-refractivity contribution in [2.75, 3.05) is 0 Å². The second kappa shape index (κ2) is 3.34. The van der Waals surface area contributed by atoms with Crippen molar-refractivity contribution in [3.63, 3.8) is 0 Å². The number of carbonyl (C=O) groups is 1. The number of halogens is 1. The fourth-order valence-electron chi connectivity index (χ4n) is 1.22. The second-order valence-electron chi connectivity index (χ2n) is 2.73. The normalized spacial score (nSPS) is 10.4. The zero-order chi connectivity index (χ0) is 10.1. The molecule has 2 aromatic rings. The molecule has 2 rings (SSSR count). The molecule has 5 heteroatoms. The molecule has 0 aliphatic rings. The summed E-state index contributed by atoms with van der Waals surface area (Å²) in [6.45, 7) is 0. The highest BCUT2D eigenvalue weighted by Gasteiger charge is 2.05. The smallest absolute Gasteiger partial charge is 0.449 e. The van der Waals surface area contributed by atoms with Gasteiger partial charge in [0.2, 0.25) is 5.88 Å². The first kappa shape index (κ1) is 9.08. The average molecular weight is 256 g/mol. The number of aromatic amines is 1. The standard InChI is InChI=1S/C9H6BrNO3/c10-6-2-1-5-3-8(14-9(12)13)11-7(5)4-6/h1-4,11H,(H,12,13). The van der Waals surface area contributed by atoms with E-state index in [-0.39, 0.29) is 5.88 Å². The van der Waals surface area contributed by atoms with Gasteiger partial charge in [0.25, 0.3) is 0 Å². The van der Waals surface area contributed by atoms with Crippen molar-refractivity contribution >= 4 is 33.0 Å². The zero-order valence-corrected chi connectivity index (χ0v) is 8.54. The van der Waals surface area contributed by atoms with Gasteiger partial charge in [-0.05, 0) is 12.1 Å². The van der Waals surface area contributed by atoms with E-state index in [9.17, 15) is 4.79 Å². The van der Waals surface area contributed by atoms with Crippen molar-refractivity contribution < 1.29 is 14.6 Å². The number of hydrogen-bond acceptors (Lipinski definition) is 2. The molecule has 0 radical (unpaired) electrons. The Morgan fingerprint density at radius 3 is 2.93 bits per heavy atom. The lowest BCUT2D eigenvalue weighted by atomic mass is 10.2. The molecule has 0 saturated heterocycles. The predicted molar refractivity (Wildman–Crippen MR) is 54.7 cm³/mol. The van der Waals surface area contributed by atoms with Crippen molar-refractivity contribution in [3.8, 4) is 5.88 Å². The summed E-state index contributed by atoms with van der Waals surface area (Å²) in [6, 6.07) is 7.23. The van der Waals surface area contributed by atoms with Crippen LogP contribution in [0.5, 0.6) is 5.88 Å². The topological polar surface area (TPSA) is 62.3 Å². The number of ether oxygens (including phenoxy) is 1. The number of hydrogen-bond donors (Lipinski definition) is 2. The van der Waals surface area contributed by atoms with Crippen molar-refractivity contribution in [2.45, 2.75) is 0 Å². The van der Waals surface area contributed by atoms with E-state index in [1.54, 1.807) is 6.07 Å². The summed E-state index contributed by atoms with van der Waals surface area (Å²) in [5.41, 5.74) is 0.829. The zero-order valence-electron chi connectivity index (χ0n) is 6.95. The molecule has 0 atom stereocenters. The van der Waals surface area contributed by atoms with Gasteiger partial charge in [0.1, 0.15) is 0 Å². The minimum Gasteiger partial charge on any atom is -0.449 e. The first-order valence-electron chi connectivity index (χ1n) is 3.84. The third-order valence-electron chi connectivity index (χ3n) is 1.76. The van der Waals surface area contributed by atoms with Crippen LogP contribution in [-0.4, -0.2) is 16.2 Å². The molecule has 0 spiro atoms. The highest BCUT2D eigenvalue weighted by atomic mass is 79.9. The molecular formula is C9H6BrNO3. The van der Waals surface area contributed by atoms with E-state index in [0.717, 1.165) is 15.4 Å². The number of aromatic nitrogens is 1. The van der Waals surface area contributed by atoms with Crippen LogP contribution in [0.2, 0.25) is 0 Å². The highest BCUT2D eigenvalue weighted by molar-refractivity contribution is 9.10. The molecule has 1 aromatic heterocycles. The van der Waals surface area contributed by atoms with E-state index in [1.165, 1.54) is 0 Å². The van der Waals surface area contributed by atoms with E-state index in [1.807, 2.05) is 18.2 Å². The molecule has 4 nitrogen and oxygen atoms in total. The predicted octanol–water partition coefficient (Wildman–Crippen LogP) is 2.99.